The van der Waals surface area contributed by atoms with E-state index in [-0.39, 0.29) is 12.3 Å². The van der Waals surface area contributed by atoms with Crippen LogP contribution in [0, 0.1) is 11.8 Å². The molecule has 1 saturated heterocycles. The van der Waals surface area contributed by atoms with Gasteiger partial charge in [-0.05, 0) is 37.5 Å². The highest BCUT2D eigenvalue weighted by Crippen LogP contribution is 2.48. The molecule has 2 atom stereocenters. The minimum atomic E-state index is -2.57. The second-order valence-electron chi connectivity index (χ2n) is 7.54. The Hall–Kier alpha value is -2.84. The van der Waals surface area contributed by atoms with Crippen LogP contribution in [0.2, 0.25) is 0 Å². The lowest BCUT2D eigenvalue weighted by Crippen LogP contribution is -2.30. The Balaban J connectivity index is 1.44. The molecule has 0 unspecified atom stereocenters. The molecule has 1 N–H and O–H groups in total. The molecule has 7 nitrogen and oxygen atoms in total. The van der Waals surface area contributed by atoms with E-state index in [9.17, 15) is 8.78 Å². The molecule has 0 bridgehead atoms. The lowest BCUT2D eigenvalue weighted by atomic mass is 9.99. The molecule has 0 aromatic carbocycles. The Labute approximate surface area is 160 Å². The molecule has 146 valence electrons. The first-order chi connectivity index (χ1) is 13.6. The number of aromatic amines is 1. The molecule has 1 aliphatic heterocycles. The number of halogens is 2. The summed E-state index contributed by atoms with van der Waals surface area (Å²) in [4.78, 5) is 5.98. The quantitative estimate of drug-likeness (QED) is 0.746. The van der Waals surface area contributed by atoms with Gasteiger partial charge in [0.1, 0.15) is 5.69 Å². The van der Waals surface area contributed by atoms with Crippen molar-refractivity contribution in [1.82, 2.24) is 29.9 Å². The van der Waals surface area contributed by atoms with E-state index >= 15 is 0 Å². The molecule has 2 aliphatic rings. The summed E-state index contributed by atoms with van der Waals surface area (Å²) in [5, 5.41) is 16.1. The van der Waals surface area contributed by atoms with Crippen LogP contribution in [0.4, 0.5) is 14.7 Å². The Kier molecular flexibility index (Phi) is 3.92. The van der Waals surface area contributed by atoms with Crippen LogP contribution < -0.4 is 4.90 Å². The van der Waals surface area contributed by atoms with Crippen molar-refractivity contribution in [3.05, 3.63) is 30.6 Å². The predicted octanol–water partition coefficient (Wildman–Crippen LogP) is 3.23. The minimum Gasteiger partial charge on any atom is -0.340 e. The second-order valence-corrected chi connectivity index (χ2v) is 7.54. The molecule has 1 aliphatic carbocycles. The van der Waals surface area contributed by atoms with Gasteiger partial charge in [-0.15, -0.1) is 10.2 Å². The summed E-state index contributed by atoms with van der Waals surface area (Å²) in [5.74, 6) is -1.80. The normalized spacial score (nSPS) is 23.3. The highest BCUT2D eigenvalue weighted by atomic mass is 19.3. The highest BCUT2D eigenvalue weighted by Gasteiger charge is 2.54. The number of nitrogens with one attached hydrogen (secondary N) is 1. The van der Waals surface area contributed by atoms with Crippen LogP contribution in [0.25, 0.3) is 22.8 Å². The molecule has 3 aromatic heterocycles. The van der Waals surface area contributed by atoms with Gasteiger partial charge in [-0.25, -0.2) is 8.78 Å². The number of fused-ring (bicyclic) bond motifs is 1. The molecule has 0 spiro atoms. The van der Waals surface area contributed by atoms with Gasteiger partial charge in [-0.1, -0.05) is 0 Å². The molecule has 4 heterocycles. The summed E-state index contributed by atoms with van der Waals surface area (Å²) in [6, 6.07) is 5.69. The van der Waals surface area contributed by atoms with E-state index in [4.69, 9.17) is 0 Å². The van der Waals surface area contributed by atoms with Crippen LogP contribution in [-0.2, 0) is 6.54 Å². The van der Waals surface area contributed by atoms with E-state index in [1.54, 1.807) is 12.4 Å². The first-order valence-electron chi connectivity index (χ1n) is 9.59. The summed E-state index contributed by atoms with van der Waals surface area (Å²) in [6.45, 7) is 3.59. The van der Waals surface area contributed by atoms with Crippen LogP contribution in [-0.4, -0.2) is 49.0 Å². The first-order valence-corrected chi connectivity index (χ1v) is 9.59. The van der Waals surface area contributed by atoms with Gasteiger partial charge in [-0.3, -0.25) is 14.6 Å². The Bertz CT molecular complexity index is 981. The number of hydrogen-bond acceptors (Lipinski definition) is 5. The number of pyridine rings is 1. The number of H-pyrrole nitrogens is 1. The second kappa shape index (κ2) is 6.35. The zero-order chi connectivity index (χ0) is 19.3. The summed E-state index contributed by atoms with van der Waals surface area (Å²) < 4.78 is 30.2. The fourth-order valence-electron chi connectivity index (χ4n) is 4.49. The van der Waals surface area contributed by atoms with Crippen molar-refractivity contribution in [2.24, 2.45) is 11.8 Å². The lowest BCUT2D eigenvalue weighted by molar-refractivity contribution is -0.0351. The van der Waals surface area contributed by atoms with E-state index < -0.39 is 11.8 Å². The monoisotopic (exact) mass is 385 g/mol. The number of rotatable bonds is 4. The number of hydrogen-bond donors (Lipinski definition) is 1. The van der Waals surface area contributed by atoms with Crippen molar-refractivity contribution < 1.29 is 8.78 Å². The molecular formula is C19H21F2N7. The molecular weight excluding hydrogens is 364 g/mol. The van der Waals surface area contributed by atoms with Crippen molar-refractivity contribution in [3.63, 3.8) is 0 Å². The van der Waals surface area contributed by atoms with Gasteiger partial charge in [-0.2, -0.15) is 5.10 Å². The van der Waals surface area contributed by atoms with E-state index in [2.05, 4.69) is 25.4 Å². The topological polar surface area (TPSA) is 75.5 Å². The lowest BCUT2D eigenvalue weighted by Gasteiger charge is -2.21. The largest absolute Gasteiger partial charge is 0.340 e. The van der Waals surface area contributed by atoms with Crippen molar-refractivity contribution in [1.29, 1.82) is 0 Å². The first kappa shape index (κ1) is 17.3. The third-order valence-corrected chi connectivity index (χ3v) is 5.96. The third-order valence-electron chi connectivity index (χ3n) is 5.96. The highest BCUT2D eigenvalue weighted by molar-refractivity contribution is 5.65. The minimum absolute atomic E-state index is 0.00776. The maximum atomic E-state index is 14.1. The van der Waals surface area contributed by atoms with E-state index in [0.29, 0.717) is 37.8 Å². The van der Waals surface area contributed by atoms with Crippen LogP contribution in [0.3, 0.4) is 0 Å². The van der Waals surface area contributed by atoms with E-state index in [1.807, 2.05) is 34.6 Å². The summed E-state index contributed by atoms with van der Waals surface area (Å²) in [6.07, 6.45) is 4.03. The average Bonchev–Trinajstić information content (AvgIpc) is 3.46. The third kappa shape index (κ3) is 2.68. The standard InChI is InChI=1S/C19H21F2N7/c1-2-28-17(16-9-15(23-24-16)12-4-7-22-8-5-12)25-26-18(28)27-10-13-3-6-19(20,21)14(13)11-27/h4-5,7-9,13-14H,2-3,6,10-11H2,1H3,(H,23,24)/t13-,14+/m0/s1. The molecule has 28 heavy (non-hydrogen) atoms. The molecule has 9 heteroatoms. The van der Waals surface area contributed by atoms with Crippen LogP contribution >= 0.6 is 0 Å². The van der Waals surface area contributed by atoms with Gasteiger partial charge in [0.15, 0.2) is 5.82 Å². The van der Waals surface area contributed by atoms with E-state index in [1.165, 1.54) is 0 Å². The number of anilines is 1. The van der Waals surface area contributed by atoms with Gasteiger partial charge in [0, 0.05) is 49.9 Å². The number of nitrogens with zero attached hydrogens (tertiary/aromatic N) is 6. The number of aromatic nitrogens is 6. The van der Waals surface area contributed by atoms with Gasteiger partial charge >= 0.3 is 0 Å². The average molecular weight is 385 g/mol. The Morgan fingerprint density at radius 3 is 2.79 bits per heavy atom. The molecule has 2 fully saturated rings. The molecule has 3 aromatic rings. The zero-order valence-corrected chi connectivity index (χ0v) is 15.5. The predicted molar refractivity (Wildman–Crippen MR) is 99.9 cm³/mol. The fourth-order valence-corrected chi connectivity index (χ4v) is 4.49. The van der Waals surface area contributed by atoms with Crippen molar-refractivity contribution in [2.45, 2.75) is 32.2 Å². The van der Waals surface area contributed by atoms with Crippen molar-refractivity contribution in [3.8, 4) is 22.8 Å². The molecule has 0 amide bonds. The maximum absolute atomic E-state index is 14.1. The molecule has 0 radical (unpaired) electrons. The molecule has 1 saturated carbocycles. The van der Waals surface area contributed by atoms with Gasteiger partial charge < -0.3 is 4.90 Å². The van der Waals surface area contributed by atoms with Gasteiger partial charge in [0.2, 0.25) is 5.95 Å². The van der Waals surface area contributed by atoms with Crippen LogP contribution in [0.1, 0.15) is 19.8 Å². The fraction of sp³-hybridized carbons (Fsp3) is 0.474. The summed E-state index contributed by atoms with van der Waals surface area (Å²) in [5.41, 5.74) is 2.49. The SMILES string of the molecule is CCn1c(-c2cc(-c3ccncc3)n[nH]2)nnc1N1C[C@@H]2CCC(F)(F)[C@@H]2C1. The molecule has 5 rings (SSSR count). The van der Waals surface area contributed by atoms with Crippen molar-refractivity contribution >= 4 is 5.95 Å². The zero-order valence-electron chi connectivity index (χ0n) is 15.5. The van der Waals surface area contributed by atoms with E-state index in [0.717, 1.165) is 17.0 Å². The van der Waals surface area contributed by atoms with Crippen molar-refractivity contribution in [2.75, 3.05) is 18.0 Å². The Morgan fingerprint density at radius 2 is 2.04 bits per heavy atom. The van der Waals surface area contributed by atoms with Crippen LogP contribution in [0.15, 0.2) is 30.6 Å². The van der Waals surface area contributed by atoms with Crippen LogP contribution in [0.5, 0.6) is 0 Å². The van der Waals surface area contributed by atoms with Gasteiger partial charge in [0.25, 0.3) is 5.92 Å². The van der Waals surface area contributed by atoms with Gasteiger partial charge in [0.05, 0.1) is 5.69 Å². The summed E-state index contributed by atoms with van der Waals surface area (Å²) in [7, 11) is 0. The Morgan fingerprint density at radius 1 is 1.21 bits per heavy atom. The number of alkyl halides is 2. The maximum Gasteiger partial charge on any atom is 0.252 e. The summed E-state index contributed by atoms with van der Waals surface area (Å²) >= 11 is 0. The smallest absolute Gasteiger partial charge is 0.252 e.